The van der Waals surface area contributed by atoms with Gasteiger partial charge < -0.3 is 26.8 Å². The maximum Gasteiger partial charge on any atom is 0.326 e. The molecule has 0 spiro atoms. The van der Waals surface area contributed by atoms with E-state index in [-0.39, 0.29) is 18.9 Å². The van der Waals surface area contributed by atoms with Gasteiger partial charge >= 0.3 is 5.97 Å². The molecule has 0 heterocycles. The summed E-state index contributed by atoms with van der Waals surface area (Å²) in [5.74, 6) is -1.22. The molecule has 11 heteroatoms. The molecule has 0 aromatic carbocycles. The van der Waals surface area contributed by atoms with Crippen molar-refractivity contribution in [3.63, 3.8) is 0 Å². The average Bonchev–Trinajstić information content (AvgIpc) is 2.65. The van der Waals surface area contributed by atoms with Crippen molar-refractivity contribution in [1.29, 1.82) is 0 Å². The van der Waals surface area contributed by atoms with E-state index in [1.54, 1.807) is 11.8 Å². The monoisotopic (exact) mass is 450 g/mol. The van der Waals surface area contributed by atoms with Gasteiger partial charge in [0.05, 0.1) is 12.6 Å². The molecular weight excluding hydrogens is 416 g/mol. The van der Waals surface area contributed by atoms with Gasteiger partial charge in [-0.25, -0.2) is 4.79 Å². The molecule has 9 nitrogen and oxygen atoms in total. The molecule has 6 N–H and O–H groups in total. The molecule has 29 heavy (non-hydrogen) atoms. The highest BCUT2D eigenvalue weighted by atomic mass is 32.2. The molecule has 0 saturated carbocycles. The van der Waals surface area contributed by atoms with Gasteiger partial charge in [0.15, 0.2) is 0 Å². The second-order valence-corrected chi connectivity index (χ2v) is 9.01. The Morgan fingerprint density at radius 3 is 2.03 bits per heavy atom. The molecule has 0 aliphatic rings. The number of nitrogens with two attached hydrogens (primary N) is 1. The van der Waals surface area contributed by atoms with E-state index in [2.05, 4.69) is 16.0 Å². The highest BCUT2D eigenvalue weighted by Crippen LogP contribution is 2.07. The van der Waals surface area contributed by atoms with Crippen LogP contribution in [0.4, 0.5) is 0 Å². The summed E-state index contributed by atoms with van der Waals surface area (Å²) in [6.07, 6.45) is 4.89. The van der Waals surface area contributed by atoms with Gasteiger partial charge in [-0.15, -0.1) is 0 Å². The first-order chi connectivity index (χ1) is 13.6. The first-order valence-corrected chi connectivity index (χ1v) is 12.2. The SMILES string of the molecule is CSCCC(N)C(=O)NCC(=O)NC(CC(C)C)C(=O)NC(CCSC)C(=O)O. The second kappa shape index (κ2) is 15.4. The van der Waals surface area contributed by atoms with E-state index in [9.17, 15) is 24.3 Å². The minimum absolute atomic E-state index is 0.0927. The van der Waals surface area contributed by atoms with Crippen LogP contribution in [0.25, 0.3) is 0 Å². The van der Waals surface area contributed by atoms with Crippen molar-refractivity contribution in [2.24, 2.45) is 11.7 Å². The highest BCUT2D eigenvalue weighted by Gasteiger charge is 2.27. The van der Waals surface area contributed by atoms with Crippen LogP contribution in [-0.4, -0.2) is 77.5 Å². The summed E-state index contributed by atoms with van der Waals surface area (Å²) in [5.41, 5.74) is 5.75. The van der Waals surface area contributed by atoms with Gasteiger partial charge in [0.2, 0.25) is 17.7 Å². The smallest absolute Gasteiger partial charge is 0.326 e. The van der Waals surface area contributed by atoms with Gasteiger partial charge in [-0.1, -0.05) is 13.8 Å². The van der Waals surface area contributed by atoms with Crippen LogP contribution in [0.3, 0.4) is 0 Å². The van der Waals surface area contributed by atoms with E-state index < -0.39 is 41.8 Å². The summed E-state index contributed by atoms with van der Waals surface area (Å²) in [6.45, 7) is 3.48. The van der Waals surface area contributed by atoms with Crippen molar-refractivity contribution in [3.8, 4) is 0 Å². The van der Waals surface area contributed by atoms with E-state index in [4.69, 9.17) is 5.73 Å². The van der Waals surface area contributed by atoms with E-state index in [1.165, 1.54) is 11.8 Å². The summed E-state index contributed by atoms with van der Waals surface area (Å²) < 4.78 is 0. The Kier molecular flexibility index (Phi) is 14.6. The van der Waals surface area contributed by atoms with Crippen molar-refractivity contribution in [1.82, 2.24) is 16.0 Å². The highest BCUT2D eigenvalue weighted by molar-refractivity contribution is 7.98. The van der Waals surface area contributed by atoms with Crippen LogP contribution >= 0.6 is 23.5 Å². The zero-order chi connectivity index (χ0) is 22.4. The summed E-state index contributed by atoms with van der Waals surface area (Å²) in [6, 6.07) is -2.60. The van der Waals surface area contributed by atoms with Gasteiger partial charge in [0.25, 0.3) is 0 Å². The molecule has 0 fully saturated rings. The lowest BCUT2D eigenvalue weighted by molar-refractivity contribution is -0.142. The number of amides is 3. The molecule has 0 saturated heterocycles. The Labute approximate surface area is 181 Å². The van der Waals surface area contributed by atoms with Crippen LogP contribution < -0.4 is 21.7 Å². The fraction of sp³-hybridized carbons (Fsp3) is 0.778. The van der Waals surface area contributed by atoms with E-state index in [1.807, 2.05) is 26.4 Å². The quantitative estimate of drug-likeness (QED) is 0.235. The molecule has 0 aliphatic heterocycles. The maximum atomic E-state index is 12.6. The Balaban J connectivity index is 4.79. The van der Waals surface area contributed by atoms with E-state index >= 15 is 0 Å². The van der Waals surface area contributed by atoms with Crippen molar-refractivity contribution in [3.05, 3.63) is 0 Å². The number of carbonyl (C=O) groups is 4. The number of rotatable bonds is 15. The summed E-state index contributed by atoms with van der Waals surface area (Å²) >= 11 is 3.06. The first-order valence-electron chi connectivity index (χ1n) is 9.46. The number of carboxylic acids is 1. The largest absolute Gasteiger partial charge is 0.480 e. The minimum atomic E-state index is -1.12. The molecule has 0 radical (unpaired) electrons. The summed E-state index contributed by atoms with van der Waals surface area (Å²) in [4.78, 5) is 48.0. The van der Waals surface area contributed by atoms with Crippen LogP contribution in [0.1, 0.15) is 33.1 Å². The third-order valence-corrected chi connectivity index (χ3v) is 5.26. The van der Waals surface area contributed by atoms with Crippen molar-refractivity contribution < 1.29 is 24.3 Å². The number of aliphatic carboxylic acids is 1. The fourth-order valence-electron chi connectivity index (χ4n) is 2.39. The predicted molar refractivity (Wildman–Crippen MR) is 118 cm³/mol. The molecule has 0 rings (SSSR count). The minimum Gasteiger partial charge on any atom is -0.480 e. The number of thioether (sulfide) groups is 2. The van der Waals surface area contributed by atoms with Crippen LogP contribution in [0.2, 0.25) is 0 Å². The zero-order valence-corrected chi connectivity index (χ0v) is 19.2. The fourth-order valence-corrected chi connectivity index (χ4v) is 3.35. The Bertz CT molecular complexity index is 548. The lowest BCUT2D eigenvalue weighted by Gasteiger charge is -2.23. The normalized spacial score (nSPS) is 14.0. The summed E-state index contributed by atoms with van der Waals surface area (Å²) in [7, 11) is 0. The molecular formula is C18H34N4O5S2. The number of hydrogen-bond acceptors (Lipinski definition) is 7. The van der Waals surface area contributed by atoms with E-state index in [0.717, 1.165) is 5.75 Å². The standard InChI is InChI=1S/C18H34N4O5S2/c1-11(2)9-14(17(25)22-13(18(26)27)6-8-29-4)21-15(23)10-20-16(24)12(19)5-7-28-3/h11-14H,5-10,19H2,1-4H3,(H,20,24)(H,21,23)(H,22,25)(H,26,27). The second-order valence-electron chi connectivity index (χ2n) is 7.04. The number of carboxylic acid groups (broad SMARTS) is 1. The molecule has 3 amide bonds. The molecule has 3 atom stereocenters. The Morgan fingerprint density at radius 1 is 0.931 bits per heavy atom. The summed E-state index contributed by atoms with van der Waals surface area (Å²) in [5, 5.41) is 16.8. The molecule has 0 aromatic rings. The van der Waals surface area contributed by atoms with Crippen LogP contribution in [0.5, 0.6) is 0 Å². The Morgan fingerprint density at radius 2 is 1.52 bits per heavy atom. The lowest BCUT2D eigenvalue weighted by Crippen LogP contribution is -2.54. The van der Waals surface area contributed by atoms with Crippen LogP contribution in [0, 0.1) is 5.92 Å². The van der Waals surface area contributed by atoms with Gasteiger partial charge in [0.1, 0.15) is 12.1 Å². The number of nitrogens with one attached hydrogen (secondary N) is 3. The molecule has 0 aromatic heterocycles. The topological polar surface area (TPSA) is 151 Å². The average molecular weight is 451 g/mol. The third-order valence-electron chi connectivity index (χ3n) is 3.98. The van der Waals surface area contributed by atoms with Crippen LogP contribution in [-0.2, 0) is 19.2 Å². The van der Waals surface area contributed by atoms with E-state index in [0.29, 0.717) is 18.6 Å². The molecule has 0 bridgehead atoms. The van der Waals surface area contributed by atoms with Gasteiger partial charge in [-0.05, 0) is 49.2 Å². The van der Waals surface area contributed by atoms with Crippen molar-refractivity contribution in [2.45, 2.75) is 51.2 Å². The third kappa shape index (κ3) is 12.7. The number of carbonyl (C=O) groups excluding carboxylic acids is 3. The molecule has 168 valence electrons. The predicted octanol–water partition coefficient (Wildman–Crippen LogP) is 0.0364. The first kappa shape index (κ1) is 27.5. The number of hydrogen-bond donors (Lipinski definition) is 5. The van der Waals surface area contributed by atoms with Gasteiger partial charge in [-0.3, -0.25) is 14.4 Å². The van der Waals surface area contributed by atoms with Crippen molar-refractivity contribution >= 4 is 47.2 Å². The molecule has 0 aliphatic carbocycles. The van der Waals surface area contributed by atoms with Gasteiger partial charge in [0, 0.05) is 0 Å². The Hall–Kier alpha value is -1.46. The van der Waals surface area contributed by atoms with Gasteiger partial charge in [-0.2, -0.15) is 23.5 Å². The molecule has 3 unspecified atom stereocenters. The maximum absolute atomic E-state index is 12.6. The van der Waals surface area contributed by atoms with Crippen LogP contribution in [0.15, 0.2) is 0 Å². The lowest BCUT2D eigenvalue weighted by atomic mass is 10.0. The zero-order valence-electron chi connectivity index (χ0n) is 17.5. The van der Waals surface area contributed by atoms with Crippen molar-refractivity contribution in [2.75, 3.05) is 30.6 Å².